The summed E-state index contributed by atoms with van der Waals surface area (Å²) in [7, 11) is 0. The van der Waals surface area contributed by atoms with Crippen molar-refractivity contribution < 1.29 is 51.3 Å². The van der Waals surface area contributed by atoms with Crippen LogP contribution in [0, 0.1) is 5.92 Å². The Labute approximate surface area is 243 Å². The number of nitrogens with zero attached hydrogens (tertiary/aromatic N) is 1. The van der Waals surface area contributed by atoms with Gasteiger partial charge in [-0.2, -0.15) is 13.2 Å². The van der Waals surface area contributed by atoms with Crippen molar-refractivity contribution in [3.05, 3.63) is 59.7 Å². The number of phenolic OH excluding ortho intramolecular Hbond substituents is 1. The summed E-state index contributed by atoms with van der Waals surface area (Å²) >= 11 is 0. The van der Waals surface area contributed by atoms with E-state index in [-0.39, 0.29) is 30.7 Å². The summed E-state index contributed by atoms with van der Waals surface area (Å²) in [4.78, 5) is 39.1. The molecule has 4 amide bonds. The van der Waals surface area contributed by atoms with Crippen molar-refractivity contribution in [2.75, 3.05) is 18.5 Å². The number of benzene rings is 2. The number of aromatic hydroxyl groups is 1. The Kier molecular flexibility index (Phi) is 9.62. The summed E-state index contributed by atoms with van der Waals surface area (Å²) < 4.78 is 72.4. The zero-order valence-corrected chi connectivity index (χ0v) is 22.7. The number of alkyl carbamates (subject to hydrolysis) is 1. The molecule has 1 aliphatic heterocycles. The average molecular weight is 615 g/mol. The maximum Gasteiger partial charge on any atom is 0.410 e. The molecule has 1 saturated heterocycles. The van der Waals surface area contributed by atoms with E-state index < -0.39 is 85.9 Å². The molecule has 3 atom stereocenters. The van der Waals surface area contributed by atoms with Gasteiger partial charge in [-0.05, 0) is 42.0 Å². The van der Waals surface area contributed by atoms with Crippen LogP contribution < -0.4 is 16.0 Å². The van der Waals surface area contributed by atoms with Gasteiger partial charge >= 0.3 is 18.3 Å². The van der Waals surface area contributed by atoms with Gasteiger partial charge in [0.25, 0.3) is 0 Å². The van der Waals surface area contributed by atoms with Crippen molar-refractivity contribution >= 4 is 23.7 Å². The number of nitrogens with one attached hydrogen (secondary N) is 3. The molecule has 2 aromatic rings. The minimum atomic E-state index is -4.72. The van der Waals surface area contributed by atoms with Gasteiger partial charge in [0.05, 0.1) is 24.9 Å². The fourth-order valence-electron chi connectivity index (χ4n) is 5.15. The molecule has 15 heteroatoms. The summed E-state index contributed by atoms with van der Waals surface area (Å²) in [5.41, 5.74) is 0.528. The zero-order valence-electron chi connectivity index (χ0n) is 22.7. The maximum absolute atomic E-state index is 13.9. The summed E-state index contributed by atoms with van der Waals surface area (Å²) in [6.07, 6.45) is -6.87. The average Bonchev–Trinajstić information content (AvgIpc) is 3.35. The monoisotopic (exact) mass is 614 g/mol. The molecule has 2 fully saturated rings. The van der Waals surface area contributed by atoms with E-state index in [1.54, 1.807) is 30.3 Å². The summed E-state index contributed by atoms with van der Waals surface area (Å²) in [6, 6.07) is 6.41. The number of carbonyl (C=O) groups excluding carboxylic acids is 3. The van der Waals surface area contributed by atoms with Gasteiger partial charge in [-0.3, -0.25) is 4.79 Å². The second kappa shape index (κ2) is 13.0. The molecule has 234 valence electrons. The minimum Gasteiger partial charge on any atom is -0.506 e. The molecule has 0 radical (unpaired) electrons. The normalized spacial score (nSPS) is 20.2. The molecule has 1 aliphatic carbocycles. The van der Waals surface area contributed by atoms with E-state index in [0.717, 1.165) is 11.0 Å². The second-order valence-corrected chi connectivity index (χ2v) is 10.5. The predicted octanol–water partition coefficient (Wildman–Crippen LogP) is 4.44. The van der Waals surface area contributed by atoms with Gasteiger partial charge in [0.2, 0.25) is 11.8 Å². The van der Waals surface area contributed by atoms with Gasteiger partial charge in [-0.15, -0.1) is 0 Å². The molecule has 4 rings (SSSR count). The second-order valence-electron chi connectivity index (χ2n) is 10.5. The molecular weight excluding hydrogens is 583 g/mol. The number of aliphatic hydroxyl groups excluding tert-OH is 1. The molecule has 0 unspecified atom stereocenters. The van der Waals surface area contributed by atoms with Gasteiger partial charge in [-0.1, -0.05) is 36.4 Å². The molecule has 1 saturated carbocycles. The smallest absolute Gasteiger partial charge is 0.410 e. The third kappa shape index (κ3) is 8.03. The van der Waals surface area contributed by atoms with Crippen LogP contribution in [-0.4, -0.2) is 70.5 Å². The number of halogens is 5. The maximum atomic E-state index is 13.9. The van der Waals surface area contributed by atoms with Gasteiger partial charge in [0, 0.05) is 12.8 Å². The number of alkyl halides is 5. The van der Waals surface area contributed by atoms with E-state index in [9.17, 15) is 46.5 Å². The van der Waals surface area contributed by atoms with Crippen LogP contribution in [0.3, 0.4) is 0 Å². The van der Waals surface area contributed by atoms with Crippen LogP contribution in [0.1, 0.15) is 42.9 Å². The quantitative estimate of drug-likeness (QED) is 0.209. The lowest BCUT2D eigenvalue weighted by Crippen LogP contribution is -2.50. The van der Waals surface area contributed by atoms with E-state index in [1.165, 1.54) is 12.1 Å². The first kappa shape index (κ1) is 31.8. The van der Waals surface area contributed by atoms with Gasteiger partial charge in [0.1, 0.15) is 24.4 Å². The number of carbonyl (C=O) groups is 3. The van der Waals surface area contributed by atoms with Crippen LogP contribution in [0.15, 0.2) is 48.5 Å². The molecule has 43 heavy (non-hydrogen) atoms. The molecule has 1 heterocycles. The third-order valence-electron chi connectivity index (χ3n) is 7.55. The number of amides is 4. The van der Waals surface area contributed by atoms with Crippen molar-refractivity contribution in [3.8, 4) is 5.75 Å². The number of anilines is 1. The van der Waals surface area contributed by atoms with Gasteiger partial charge < -0.3 is 35.8 Å². The summed E-state index contributed by atoms with van der Waals surface area (Å²) in [6.45, 7) is -1.67. The molecule has 10 nitrogen and oxygen atoms in total. The Balaban J connectivity index is 1.51. The lowest BCUT2D eigenvalue weighted by molar-refractivity contribution is -0.150. The standard InChI is InChI=1S/C28H31F5N4O6/c29-27(30)10-8-17(9-11-27)23(36-26(42)43-15-16-4-2-1-3-5-16)24(40)34-19-12-18(6-7-21(19)39)20(14-38)37-13-22(28(31,32)33)35-25(37)41/h1-7,12,17,20,22-23,38-39H,8-11,13-15H2,(H,34,40)(H,35,41)(H,36,42)/t20-,22+,23+/m1/s1. The van der Waals surface area contributed by atoms with E-state index in [0.29, 0.717) is 5.56 Å². The number of ether oxygens (including phenoxy) is 1. The van der Waals surface area contributed by atoms with E-state index in [4.69, 9.17) is 4.74 Å². The molecule has 2 aliphatic rings. The highest BCUT2D eigenvalue weighted by Gasteiger charge is 2.48. The zero-order chi connectivity index (χ0) is 31.4. The highest BCUT2D eigenvalue weighted by molar-refractivity contribution is 5.98. The van der Waals surface area contributed by atoms with Crippen molar-refractivity contribution in [1.29, 1.82) is 0 Å². The topological polar surface area (TPSA) is 140 Å². The molecular formula is C28H31F5N4O6. The SMILES string of the molecule is O=C(N[C@H](C(=O)Nc1cc([C@@H](CO)N2C[C@@H](C(F)(F)F)NC2=O)ccc1O)C1CCC(F)(F)CC1)OCc1ccccc1. The van der Waals surface area contributed by atoms with Gasteiger partial charge in [0.15, 0.2) is 0 Å². The lowest BCUT2D eigenvalue weighted by Gasteiger charge is -2.33. The summed E-state index contributed by atoms with van der Waals surface area (Å²) in [5.74, 6) is -4.94. The van der Waals surface area contributed by atoms with Crippen LogP contribution in [0.25, 0.3) is 0 Å². The summed E-state index contributed by atoms with van der Waals surface area (Å²) in [5, 5.41) is 27.1. The van der Waals surface area contributed by atoms with Crippen molar-refractivity contribution in [2.24, 2.45) is 5.92 Å². The number of hydrogen-bond acceptors (Lipinski definition) is 6. The lowest BCUT2D eigenvalue weighted by atomic mass is 9.81. The van der Waals surface area contributed by atoms with E-state index >= 15 is 0 Å². The van der Waals surface area contributed by atoms with Crippen LogP contribution in [-0.2, 0) is 16.1 Å². The number of hydrogen-bond donors (Lipinski definition) is 5. The van der Waals surface area contributed by atoms with Crippen molar-refractivity contribution in [1.82, 2.24) is 15.5 Å². The molecule has 2 aromatic carbocycles. The van der Waals surface area contributed by atoms with Crippen LogP contribution in [0.2, 0.25) is 0 Å². The van der Waals surface area contributed by atoms with Crippen molar-refractivity contribution in [2.45, 2.75) is 62.5 Å². The predicted molar refractivity (Wildman–Crippen MR) is 142 cm³/mol. The highest BCUT2D eigenvalue weighted by Crippen LogP contribution is 2.38. The Morgan fingerprint density at radius 3 is 2.40 bits per heavy atom. The third-order valence-corrected chi connectivity index (χ3v) is 7.55. The fraction of sp³-hybridized carbons (Fsp3) is 0.464. The van der Waals surface area contributed by atoms with Crippen LogP contribution in [0.5, 0.6) is 5.75 Å². The first-order chi connectivity index (χ1) is 20.3. The number of aliphatic hydroxyl groups is 1. The highest BCUT2D eigenvalue weighted by atomic mass is 19.4. The first-order valence-corrected chi connectivity index (χ1v) is 13.5. The fourth-order valence-corrected chi connectivity index (χ4v) is 5.15. The van der Waals surface area contributed by atoms with Crippen LogP contribution >= 0.6 is 0 Å². The number of rotatable bonds is 9. The number of phenols is 1. The Morgan fingerprint density at radius 2 is 1.79 bits per heavy atom. The number of urea groups is 1. The Hall–Kier alpha value is -4.14. The van der Waals surface area contributed by atoms with E-state index in [1.807, 2.05) is 5.32 Å². The van der Waals surface area contributed by atoms with Gasteiger partial charge in [-0.25, -0.2) is 18.4 Å². The first-order valence-electron chi connectivity index (χ1n) is 13.5. The largest absolute Gasteiger partial charge is 0.506 e. The molecule has 5 N–H and O–H groups in total. The van der Waals surface area contributed by atoms with Crippen LogP contribution in [0.4, 0.5) is 37.2 Å². The molecule has 0 aromatic heterocycles. The Morgan fingerprint density at radius 1 is 1.12 bits per heavy atom. The molecule has 0 bridgehead atoms. The minimum absolute atomic E-state index is 0.0902. The van der Waals surface area contributed by atoms with Crippen molar-refractivity contribution in [3.63, 3.8) is 0 Å². The van der Waals surface area contributed by atoms with E-state index in [2.05, 4.69) is 10.6 Å². The Bertz CT molecular complexity index is 1300. The molecule has 0 spiro atoms.